The fourth-order valence-electron chi connectivity index (χ4n) is 3.00. The molecule has 0 aliphatic carbocycles. The highest BCUT2D eigenvalue weighted by Gasteiger charge is 2.28. The number of benzene rings is 3. The molecule has 1 aliphatic heterocycles. The fourth-order valence-corrected chi connectivity index (χ4v) is 4.04. The lowest BCUT2D eigenvalue weighted by atomic mass is 10.1. The minimum Gasteiger partial charge on any atom is -0.452 e. The molecule has 0 aromatic heterocycles. The largest absolute Gasteiger partial charge is 0.452 e. The minimum absolute atomic E-state index is 0.0273. The van der Waals surface area contributed by atoms with Gasteiger partial charge in [0.2, 0.25) is 5.78 Å². The number of carbonyl (C=O) groups excluding carboxylic acids is 1. The molecule has 0 fully saturated rings. The monoisotopic (exact) mass is 440 g/mol. The van der Waals surface area contributed by atoms with E-state index in [1.807, 2.05) is 24.3 Å². The average molecular weight is 441 g/mol. The molecule has 0 atom stereocenters. The molecule has 0 bridgehead atoms. The van der Waals surface area contributed by atoms with Crippen molar-refractivity contribution in [1.29, 1.82) is 0 Å². The summed E-state index contributed by atoms with van der Waals surface area (Å²) in [5.41, 5.74) is 2.38. The van der Waals surface area contributed by atoms with Crippen LogP contribution in [0.3, 0.4) is 0 Å². The van der Waals surface area contributed by atoms with Crippen molar-refractivity contribution >= 4 is 33.6 Å². The second kappa shape index (κ2) is 7.97. The average Bonchev–Trinajstić information content (AvgIpc) is 3.03. The van der Waals surface area contributed by atoms with Crippen molar-refractivity contribution in [3.8, 4) is 11.5 Å². The Morgan fingerprint density at radius 3 is 2.37 bits per heavy atom. The Labute approximate surface area is 179 Å². The number of Topliss-reactive ketones (excluding diaryl/α,β-unsaturated/α-hetero) is 1. The Bertz CT molecular complexity index is 1240. The lowest BCUT2D eigenvalue weighted by Gasteiger charge is -2.08. The Kier molecular flexibility index (Phi) is 5.37. The Balaban J connectivity index is 1.57. The summed E-state index contributed by atoms with van der Waals surface area (Å²) in [7, 11) is -4.04. The summed E-state index contributed by atoms with van der Waals surface area (Å²) in [6.07, 6.45) is 2.59. The zero-order valence-corrected chi connectivity index (χ0v) is 17.5. The first-order valence-corrected chi connectivity index (χ1v) is 11.0. The van der Waals surface area contributed by atoms with Crippen LogP contribution in [0.4, 0.5) is 0 Å². The second-order valence-electron chi connectivity index (χ2n) is 6.68. The van der Waals surface area contributed by atoms with E-state index in [2.05, 4.69) is 6.92 Å². The highest BCUT2D eigenvalue weighted by molar-refractivity contribution is 7.87. The zero-order valence-electron chi connectivity index (χ0n) is 16.0. The van der Waals surface area contributed by atoms with Crippen LogP contribution in [0, 0.1) is 0 Å². The number of hydrogen-bond acceptors (Lipinski definition) is 5. The molecule has 0 amide bonds. The van der Waals surface area contributed by atoms with Gasteiger partial charge in [-0.05, 0) is 60.0 Å². The molecule has 1 aliphatic rings. The van der Waals surface area contributed by atoms with Gasteiger partial charge in [0.1, 0.15) is 16.4 Å². The van der Waals surface area contributed by atoms with E-state index in [-0.39, 0.29) is 27.9 Å². The van der Waals surface area contributed by atoms with E-state index >= 15 is 0 Å². The number of hydrogen-bond donors (Lipinski definition) is 0. The van der Waals surface area contributed by atoms with Crippen molar-refractivity contribution in [3.05, 3.63) is 94.2 Å². The smallest absolute Gasteiger partial charge is 0.339 e. The quantitative estimate of drug-likeness (QED) is 0.398. The number of ether oxygens (including phenoxy) is 1. The summed E-state index contributed by atoms with van der Waals surface area (Å²) < 4.78 is 35.8. The van der Waals surface area contributed by atoms with Crippen LogP contribution in [0.25, 0.3) is 6.08 Å². The van der Waals surface area contributed by atoms with Crippen LogP contribution < -0.4 is 8.92 Å². The molecule has 0 N–H and O–H groups in total. The van der Waals surface area contributed by atoms with E-state index in [4.69, 9.17) is 20.5 Å². The predicted octanol–water partition coefficient (Wildman–Crippen LogP) is 5.29. The van der Waals surface area contributed by atoms with Gasteiger partial charge in [-0.1, -0.05) is 42.8 Å². The Hall–Kier alpha value is -3.09. The third kappa shape index (κ3) is 4.10. The number of carbonyl (C=O) groups is 1. The van der Waals surface area contributed by atoms with Crippen LogP contribution in [0.1, 0.15) is 28.4 Å². The van der Waals surface area contributed by atoms with Crippen LogP contribution in [0.5, 0.6) is 11.5 Å². The van der Waals surface area contributed by atoms with Gasteiger partial charge in [0.15, 0.2) is 5.76 Å². The van der Waals surface area contributed by atoms with Gasteiger partial charge in [0.05, 0.1) is 5.56 Å². The number of allylic oxidation sites excluding steroid dienone is 1. The van der Waals surface area contributed by atoms with Crippen LogP contribution in [-0.2, 0) is 16.5 Å². The maximum atomic E-state index is 12.6. The molecular formula is C23H17ClO5S. The van der Waals surface area contributed by atoms with Crippen LogP contribution in [0.15, 0.2) is 77.4 Å². The SMILES string of the molecule is CCc1ccc(C=C2Oc3cc(OS(=O)(=O)c4ccc(Cl)cc4)ccc3C2=O)cc1. The number of halogens is 1. The maximum Gasteiger partial charge on any atom is 0.339 e. The molecule has 4 rings (SSSR count). The zero-order chi connectivity index (χ0) is 21.3. The fraction of sp³-hybridized carbons (Fsp3) is 0.0870. The van der Waals surface area contributed by atoms with E-state index in [1.54, 1.807) is 6.08 Å². The molecule has 0 unspecified atom stereocenters. The molecule has 152 valence electrons. The Morgan fingerprint density at radius 1 is 1.00 bits per heavy atom. The molecule has 0 saturated carbocycles. The molecule has 5 nitrogen and oxygen atoms in total. The second-order valence-corrected chi connectivity index (χ2v) is 8.67. The van der Waals surface area contributed by atoms with E-state index < -0.39 is 10.1 Å². The molecule has 30 heavy (non-hydrogen) atoms. The lowest BCUT2D eigenvalue weighted by molar-refractivity contribution is 0.101. The highest BCUT2D eigenvalue weighted by atomic mass is 35.5. The molecule has 0 radical (unpaired) electrons. The molecule has 3 aromatic rings. The summed E-state index contributed by atoms with van der Waals surface area (Å²) in [4.78, 5) is 12.6. The molecule has 0 spiro atoms. The first-order valence-electron chi connectivity index (χ1n) is 9.23. The summed E-state index contributed by atoms with van der Waals surface area (Å²) in [5.74, 6) is 0.203. The molecule has 0 saturated heterocycles. The lowest BCUT2D eigenvalue weighted by Crippen LogP contribution is -2.09. The van der Waals surface area contributed by atoms with Gasteiger partial charge in [0.25, 0.3) is 0 Å². The highest BCUT2D eigenvalue weighted by Crippen LogP contribution is 2.35. The van der Waals surface area contributed by atoms with Crippen molar-refractivity contribution in [2.75, 3.05) is 0 Å². The van der Waals surface area contributed by atoms with E-state index in [9.17, 15) is 13.2 Å². The number of ketones is 1. The van der Waals surface area contributed by atoms with Gasteiger partial charge in [-0.15, -0.1) is 0 Å². The third-order valence-corrected chi connectivity index (χ3v) is 6.15. The van der Waals surface area contributed by atoms with Crippen LogP contribution >= 0.6 is 11.6 Å². The first kappa shape index (κ1) is 20.2. The van der Waals surface area contributed by atoms with Crippen molar-refractivity contribution < 1.29 is 22.1 Å². The topological polar surface area (TPSA) is 69.7 Å². The van der Waals surface area contributed by atoms with Gasteiger partial charge < -0.3 is 8.92 Å². The first-order chi connectivity index (χ1) is 14.4. The Morgan fingerprint density at radius 2 is 1.70 bits per heavy atom. The van der Waals surface area contributed by atoms with Gasteiger partial charge in [-0.2, -0.15) is 8.42 Å². The van der Waals surface area contributed by atoms with E-state index in [1.165, 1.54) is 48.0 Å². The van der Waals surface area contributed by atoms with Crippen molar-refractivity contribution in [3.63, 3.8) is 0 Å². The van der Waals surface area contributed by atoms with Gasteiger partial charge >= 0.3 is 10.1 Å². The summed E-state index contributed by atoms with van der Waals surface area (Å²) >= 11 is 5.80. The molecule has 3 aromatic carbocycles. The molecule has 7 heteroatoms. The number of fused-ring (bicyclic) bond motifs is 1. The number of rotatable bonds is 5. The third-order valence-electron chi connectivity index (χ3n) is 4.64. The van der Waals surface area contributed by atoms with Gasteiger partial charge in [0, 0.05) is 11.1 Å². The van der Waals surface area contributed by atoms with E-state index in [0.717, 1.165) is 12.0 Å². The van der Waals surface area contributed by atoms with Crippen molar-refractivity contribution in [2.45, 2.75) is 18.2 Å². The predicted molar refractivity (Wildman–Crippen MR) is 114 cm³/mol. The molecular weight excluding hydrogens is 424 g/mol. The number of aryl methyl sites for hydroxylation is 1. The van der Waals surface area contributed by atoms with Crippen molar-refractivity contribution in [2.24, 2.45) is 0 Å². The minimum atomic E-state index is -4.04. The van der Waals surface area contributed by atoms with Crippen molar-refractivity contribution in [1.82, 2.24) is 0 Å². The van der Waals surface area contributed by atoms with E-state index in [0.29, 0.717) is 10.6 Å². The van der Waals surface area contributed by atoms with Gasteiger partial charge in [-0.3, -0.25) is 4.79 Å². The summed E-state index contributed by atoms with van der Waals surface area (Å²) in [5, 5.41) is 0.419. The summed E-state index contributed by atoms with van der Waals surface area (Å²) in [6.45, 7) is 2.07. The summed E-state index contributed by atoms with van der Waals surface area (Å²) in [6, 6.07) is 17.8. The maximum absolute atomic E-state index is 12.6. The van der Waals surface area contributed by atoms with Crippen LogP contribution in [-0.4, -0.2) is 14.2 Å². The molecule has 1 heterocycles. The standard InChI is InChI=1S/C23H17ClO5S/c1-2-15-3-5-16(6-4-15)13-22-23(25)20-12-9-18(14-21(20)28-22)29-30(26,27)19-10-7-17(24)8-11-19/h3-14H,2H2,1H3. The van der Waals surface area contributed by atoms with Crippen LogP contribution in [0.2, 0.25) is 5.02 Å². The van der Waals surface area contributed by atoms with Gasteiger partial charge in [-0.25, -0.2) is 0 Å². The normalized spacial score (nSPS) is 14.5.